The van der Waals surface area contributed by atoms with Crippen molar-refractivity contribution in [3.8, 4) is 0 Å². The van der Waals surface area contributed by atoms with Crippen molar-refractivity contribution in [2.75, 3.05) is 0 Å². The van der Waals surface area contributed by atoms with E-state index in [-0.39, 0.29) is 6.42 Å². The number of carboxylic acids is 1. The number of aliphatic carboxylic acids is 1. The molecule has 2 aromatic rings. The first-order valence-corrected chi connectivity index (χ1v) is 6.66. The van der Waals surface area contributed by atoms with Gasteiger partial charge in [-0.15, -0.1) is 0 Å². The smallest absolute Gasteiger partial charge is 0.329 e. The van der Waals surface area contributed by atoms with E-state index in [4.69, 9.17) is 0 Å². The average molecular weight is 291 g/mol. The number of carbonyl (C=O) groups excluding carboxylic acids is 1. The molecule has 21 heavy (non-hydrogen) atoms. The van der Waals surface area contributed by atoms with Gasteiger partial charge in [0.05, 0.1) is 11.3 Å². The first kappa shape index (κ1) is 14.9. The van der Waals surface area contributed by atoms with E-state index in [2.05, 4.69) is 20.4 Å². The maximum Gasteiger partial charge on any atom is 0.329 e. The summed E-state index contributed by atoms with van der Waals surface area (Å²) >= 11 is 0. The van der Waals surface area contributed by atoms with Gasteiger partial charge in [-0.25, -0.2) is 14.3 Å². The minimum atomic E-state index is -1.32. The second-order valence-electron chi connectivity index (χ2n) is 4.89. The Labute approximate surface area is 121 Å². The summed E-state index contributed by atoms with van der Waals surface area (Å²) in [5.41, 5.74) is -0.380. The average Bonchev–Trinajstić information content (AvgIpc) is 2.93. The number of carboxylic acid groups (broad SMARTS) is 1. The van der Waals surface area contributed by atoms with Crippen molar-refractivity contribution < 1.29 is 14.7 Å². The third-order valence-electron chi connectivity index (χ3n) is 3.55. The number of hydrogen-bond donors (Lipinski definition) is 2. The van der Waals surface area contributed by atoms with Crippen molar-refractivity contribution in [1.82, 2.24) is 24.9 Å². The quantitative estimate of drug-likeness (QED) is 0.838. The molecule has 0 radical (unpaired) electrons. The molecule has 112 valence electrons. The molecule has 0 bridgehead atoms. The highest BCUT2D eigenvalue weighted by Crippen LogP contribution is 2.14. The van der Waals surface area contributed by atoms with E-state index < -0.39 is 17.4 Å². The number of carbonyl (C=O) groups is 2. The van der Waals surface area contributed by atoms with Crippen LogP contribution in [0.5, 0.6) is 0 Å². The maximum atomic E-state index is 12.4. The first-order valence-electron chi connectivity index (χ1n) is 6.66. The number of hydrogen-bond acceptors (Lipinski definition) is 5. The summed E-state index contributed by atoms with van der Waals surface area (Å²) in [5.74, 6) is -1.16. The number of nitrogens with zero attached hydrogens (tertiary/aromatic N) is 4. The molecule has 0 aliphatic carbocycles. The molecule has 0 fully saturated rings. The summed E-state index contributed by atoms with van der Waals surface area (Å²) in [6.07, 6.45) is 3.57. The van der Waals surface area contributed by atoms with Crippen LogP contribution < -0.4 is 5.32 Å². The molecule has 0 saturated heterocycles. The fourth-order valence-electron chi connectivity index (χ4n) is 1.97. The van der Waals surface area contributed by atoms with Crippen LogP contribution in [-0.2, 0) is 11.2 Å². The fraction of sp³-hybridized carbons (Fsp3) is 0.462. The van der Waals surface area contributed by atoms with Gasteiger partial charge in [-0.05, 0) is 19.8 Å². The number of rotatable bonds is 5. The summed E-state index contributed by atoms with van der Waals surface area (Å²) in [7, 11) is 0. The summed E-state index contributed by atoms with van der Waals surface area (Å²) in [5, 5.41) is 15.8. The standard InChI is InChI=1S/C13H17N5O3/c1-4-9-8(6-14-12-15-7-16-18(9)12)10(19)17-13(3,5-2)11(20)21/h6-7H,4-5H2,1-3H3,(H,17,19)(H,20,21). The van der Waals surface area contributed by atoms with Gasteiger partial charge in [0.2, 0.25) is 0 Å². The highest BCUT2D eigenvalue weighted by atomic mass is 16.4. The molecule has 2 rings (SSSR count). The highest BCUT2D eigenvalue weighted by molar-refractivity contribution is 5.98. The number of fused-ring (bicyclic) bond motifs is 1. The van der Waals surface area contributed by atoms with Crippen LogP contribution in [0.2, 0.25) is 0 Å². The predicted molar refractivity (Wildman–Crippen MR) is 74.0 cm³/mol. The molecular formula is C13H17N5O3. The lowest BCUT2D eigenvalue weighted by molar-refractivity contribution is -0.143. The van der Waals surface area contributed by atoms with E-state index in [0.29, 0.717) is 23.5 Å². The Morgan fingerprint density at radius 2 is 2.10 bits per heavy atom. The van der Waals surface area contributed by atoms with Crippen molar-refractivity contribution in [2.24, 2.45) is 0 Å². The van der Waals surface area contributed by atoms with Crippen molar-refractivity contribution in [1.29, 1.82) is 0 Å². The van der Waals surface area contributed by atoms with E-state index in [1.165, 1.54) is 24.0 Å². The molecule has 0 aliphatic rings. The van der Waals surface area contributed by atoms with Crippen molar-refractivity contribution in [2.45, 2.75) is 39.2 Å². The first-order chi connectivity index (χ1) is 9.92. The Balaban J connectivity index is 2.42. The molecule has 0 aromatic carbocycles. The molecule has 0 spiro atoms. The molecular weight excluding hydrogens is 274 g/mol. The number of aromatic nitrogens is 4. The molecule has 0 saturated carbocycles. The van der Waals surface area contributed by atoms with Gasteiger partial charge >= 0.3 is 5.97 Å². The molecule has 2 aromatic heterocycles. The Morgan fingerprint density at radius 3 is 2.67 bits per heavy atom. The topological polar surface area (TPSA) is 109 Å². The maximum absolute atomic E-state index is 12.4. The minimum Gasteiger partial charge on any atom is -0.480 e. The van der Waals surface area contributed by atoms with Crippen LogP contribution >= 0.6 is 0 Å². The van der Waals surface area contributed by atoms with E-state index in [1.807, 2.05) is 6.92 Å². The normalized spacial score (nSPS) is 13.9. The molecule has 8 heteroatoms. The van der Waals surface area contributed by atoms with Gasteiger partial charge in [0.15, 0.2) is 0 Å². The number of amides is 1. The Hall–Kier alpha value is -2.51. The van der Waals surface area contributed by atoms with Crippen LogP contribution in [0.1, 0.15) is 43.2 Å². The third kappa shape index (κ3) is 2.56. The van der Waals surface area contributed by atoms with Gasteiger partial charge in [-0.2, -0.15) is 10.1 Å². The fourth-order valence-corrected chi connectivity index (χ4v) is 1.97. The van der Waals surface area contributed by atoms with Gasteiger partial charge in [-0.3, -0.25) is 4.79 Å². The Kier molecular flexibility index (Phi) is 3.88. The lowest BCUT2D eigenvalue weighted by Gasteiger charge is -2.25. The molecule has 1 amide bonds. The zero-order valence-electron chi connectivity index (χ0n) is 12.1. The lowest BCUT2D eigenvalue weighted by Crippen LogP contribution is -2.52. The van der Waals surface area contributed by atoms with Crippen molar-refractivity contribution in [3.05, 3.63) is 23.8 Å². The van der Waals surface area contributed by atoms with Crippen LogP contribution in [0.25, 0.3) is 5.78 Å². The summed E-state index contributed by atoms with van der Waals surface area (Å²) < 4.78 is 1.49. The van der Waals surface area contributed by atoms with E-state index in [0.717, 1.165) is 0 Å². The van der Waals surface area contributed by atoms with Gasteiger partial charge in [0, 0.05) is 6.20 Å². The van der Waals surface area contributed by atoms with Crippen LogP contribution in [0, 0.1) is 0 Å². The van der Waals surface area contributed by atoms with Crippen LogP contribution in [0.3, 0.4) is 0 Å². The number of nitrogens with one attached hydrogen (secondary N) is 1. The second-order valence-corrected chi connectivity index (χ2v) is 4.89. The van der Waals surface area contributed by atoms with Crippen LogP contribution in [0.4, 0.5) is 0 Å². The van der Waals surface area contributed by atoms with Crippen molar-refractivity contribution in [3.63, 3.8) is 0 Å². The highest BCUT2D eigenvalue weighted by Gasteiger charge is 2.33. The minimum absolute atomic E-state index is 0.272. The molecule has 8 nitrogen and oxygen atoms in total. The zero-order valence-corrected chi connectivity index (χ0v) is 12.1. The van der Waals surface area contributed by atoms with E-state index >= 15 is 0 Å². The molecule has 2 N–H and O–H groups in total. The Morgan fingerprint density at radius 1 is 1.38 bits per heavy atom. The van der Waals surface area contributed by atoms with Gasteiger partial charge in [0.1, 0.15) is 11.9 Å². The summed E-state index contributed by atoms with van der Waals surface area (Å²) in [4.78, 5) is 31.7. The summed E-state index contributed by atoms with van der Waals surface area (Å²) in [6, 6.07) is 0. The van der Waals surface area contributed by atoms with Crippen LogP contribution in [-0.4, -0.2) is 42.1 Å². The van der Waals surface area contributed by atoms with Crippen LogP contribution in [0.15, 0.2) is 12.5 Å². The lowest BCUT2D eigenvalue weighted by atomic mass is 9.98. The zero-order chi connectivity index (χ0) is 15.6. The monoisotopic (exact) mass is 291 g/mol. The molecule has 2 heterocycles. The predicted octanol–water partition coefficient (Wildman–Crippen LogP) is 0.670. The molecule has 1 unspecified atom stereocenters. The largest absolute Gasteiger partial charge is 0.480 e. The van der Waals surface area contributed by atoms with Gasteiger partial charge < -0.3 is 10.4 Å². The SMILES string of the molecule is CCc1c(C(=O)NC(C)(CC)C(=O)O)cnc2ncnn12. The van der Waals surface area contributed by atoms with E-state index in [9.17, 15) is 14.7 Å². The van der Waals surface area contributed by atoms with Crippen molar-refractivity contribution >= 4 is 17.7 Å². The van der Waals surface area contributed by atoms with Gasteiger partial charge in [0.25, 0.3) is 11.7 Å². The number of aryl methyl sites for hydroxylation is 1. The molecule has 1 atom stereocenters. The Bertz CT molecular complexity index is 696. The van der Waals surface area contributed by atoms with E-state index in [1.54, 1.807) is 6.92 Å². The summed E-state index contributed by atoms with van der Waals surface area (Å²) in [6.45, 7) is 5.05. The second kappa shape index (κ2) is 5.47. The van der Waals surface area contributed by atoms with Gasteiger partial charge in [-0.1, -0.05) is 13.8 Å². The third-order valence-corrected chi connectivity index (χ3v) is 3.55. The molecule has 0 aliphatic heterocycles.